The van der Waals surface area contributed by atoms with Gasteiger partial charge in [0.1, 0.15) is 0 Å². The summed E-state index contributed by atoms with van der Waals surface area (Å²) in [7, 11) is 0. The largest absolute Gasteiger partial charge is 0.452 e. The molecule has 21 heavy (non-hydrogen) atoms. The second kappa shape index (κ2) is 6.61. The topological polar surface area (TPSA) is 72.6 Å². The van der Waals surface area contributed by atoms with E-state index in [4.69, 9.17) is 10.5 Å². The Balaban J connectivity index is 1.94. The van der Waals surface area contributed by atoms with Crippen molar-refractivity contribution in [3.63, 3.8) is 0 Å². The minimum Gasteiger partial charge on any atom is -0.452 e. The maximum atomic E-state index is 12.1. The van der Waals surface area contributed by atoms with Crippen LogP contribution < -0.4 is 5.73 Å². The average molecular weight is 290 g/mol. The molecule has 1 aromatic carbocycles. The molecule has 1 aliphatic heterocycles. The standard InChI is InChI=1S/C16H22N2O3/c1-11-6-5-8-13(15(11)17)16(20)21-10-14(19)18-9-4-3-7-12(18)2/h5-6,8,12H,3-4,7,9-10,17H2,1-2H3/t12-/m0/s1. The van der Waals surface area contributed by atoms with Gasteiger partial charge in [-0.25, -0.2) is 4.79 Å². The SMILES string of the molecule is Cc1cccc(C(=O)OCC(=O)N2CCCC[C@@H]2C)c1N. The number of hydrogen-bond acceptors (Lipinski definition) is 4. The van der Waals surface area contributed by atoms with Crippen LogP contribution in [0.4, 0.5) is 5.69 Å². The molecule has 1 atom stereocenters. The zero-order chi connectivity index (χ0) is 15.4. The fraction of sp³-hybridized carbons (Fsp3) is 0.500. The molecule has 0 saturated carbocycles. The summed E-state index contributed by atoms with van der Waals surface area (Å²) >= 11 is 0. The van der Waals surface area contributed by atoms with E-state index in [1.807, 2.05) is 19.9 Å². The number of nitrogens with two attached hydrogens (primary N) is 1. The fourth-order valence-electron chi connectivity index (χ4n) is 2.62. The van der Waals surface area contributed by atoms with E-state index in [1.54, 1.807) is 17.0 Å². The lowest BCUT2D eigenvalue weighted by molar-refractivity contribution is -0.137. The third-order valence-corrected chi connectivity index (χ3v) is 3.99. The molecule has 0 radical (unpaired) electrons. The number of amides is 1. The molecule has 1 saturated heterocycles. The van der Waals surface area contributed by atoms with Crippen LogP contribution in [0.15, 0.2) is 18.2 Å². The van der Waals surface area contributed by atoms with E-state index in [0.29, 0.717) is 11.3 Å². The molecule has 2 rings (SSSR count). The molecule has 0 spiro atoms. The molecule has 1 aromatic rings. The van der Waals surface area contributed by atoms with Crippen LogP contribution >= 0.6 is 0 Å². The highest BCUT2D eigenvalue weighted by Crippen LogP contribution is 2.19. The summed E-state index contributed by atoms with van der Waals surface area (Å²) < 4.78 is 5.12. The maximum Gasteiger partial charge on any atom is 0.340 e. The molecule has 1 aliphatic rings. The normalized spacial score (nSPS) is 18.4. The lowest BCUT2D eigenvalue weighted by Gasteiger charge is -2.33. The monoisotopic (exact) mass is 290 g/mol. The average Bonchev–Trinajstić information content (AvgIpc) is 2.47. The highest BCUT2D eigenvalue weighted by molar-refractivity contribution is 5.96. The van der Waals surface area contributed by atoms with Crippen LogP contribution in [0.2, 0.25) is 0 Å². The van der Waals surface area contributed by atoms with Crippen molar-refractivity contribution in [3.05, 3.63) is 29.3 Å². The Morgan fingerprint density at radius 2 is 2.14 bits per heavy atom. The number of ether oxygens (including phenoxy) is 1. The minimum absolute atomic E-state index is 0.137. The molecule has 5 heteroatoms. The van der Waals surface area contributed by atoms with Gasteiger partial charge in [0.25, 0.3) is 5.91 Å². The van der Waals surface area contributed by atoms with Crippen LogP contribution in [0.5, 0.6) is 0 Å². The number of likely N-dealkylation sites (tertiary alicyclic amines) is 1. The summed E-state index contributed by atoms with van der Waals surface area (Å²) in [6.07, 6.45) is 3.16. The number of benzene rings is 1. The second-order valence-corrected chi connectivity index (χ2v) is 5.54. The summed E-state index contributed by atoms with van der Waals surface area (Å²) in [5, 5.41) is 0. The molecule has 0 aliphatic carbocycles. The zero-order valence-electron chi connectivity index (χ0n) is 12.6. The summed E-state index contributed by atoms with van der Waals surface area (Å²) in [5.74, 6) is -0.684. The van der Waals surface area contributed by atoms with Crippen molar-refractivity contribution in [1.29, 1.82) is 0 Å². The van der Waals surface area contributed by atoms with Crippen molar-refractivity contribution in [3.8, 4) is 0 Å². The fourth-order valence-corrected chi connectivity index (χ4v) is 2.62. The molecule has 2 N–H and O–H groups in total. The van der Waals surface area contributed by atoms with Gasteiger partial charge in [0.05, 0.1) is 5.56 Å². The molecule has 0 unspecified atom stereocenters. The Morgan fingerprint density at radius 3 is 2.86 bits per heavy atom. The van der Waals surface area contributed by atoms with Gasteiger partial charge in [0, 0.05) is 18.3 Å². The van der Waals surface area contributed by atoms with Crippen LogP contribution in [0, 0.1) is 6.92 Å². The lowest BCUT2D eigenvalue weighted by Crippen LogP contribution is -2.44. The molecule has 0 bridgehead atoms. The molecule has 5 nitrogen and oxygen atoms in total. The number of aryl methyl sites for hydroxylation is 1. The number of para-hydroxylation sites is 1. The third kappa shape index (κ3) is 3.54. The Morgan fingerprint density at radius 1 is 1.38 bits per heavy atom. The number of anilines is 1. The number of carbonyl (C=O) groups excluding carboxylic acids is 2. The van der Waals surface area contributed by atoms with Crippen LogP contribution in [0.25, 0.3) is 0 Å². The van der Waals surface area contributed by atoms with Gasteiger partial charge in [-0.1, -0.05) is 12.1 Å². The van der Waals surface area contributed by atoms with Crippen molar-refractivity contribution in [1.82, 2.24) is 4.90 Å². The van der Waals surface area contributed by atoms with E-state index in [2.05, 4.69) is 0 Å². The van der Waals surface area contributed by atoms with Crippen molar-refractivity contribution in [2.45, 2.75) is 39.2 Å². The summed E-state index contributed by atoms with van der Waals surface area (Å²) in [5.41, 5.74) is 7.40. The summed E-state index contributed by atoms with van der Waals surface area (Å²) in [6.45, 7) is 4.37. The number of nitrogens with zero attached hydrogens (tertiary/aromatic N) is 1. The second-order valence-electron chi connectivity index (χ2n) is 5.54. The van der Waals surface area contributed by atoms with Crippen LogP contribution in [-0.2, 0) is 9.53 Å². The van der Waals surface area contributed by atoms with Gasteiger partial charge < -0.3 is 15.4 Å². The molecule has 0 aromatic heterocycles. The Hall–Kier alpha value is -2.04. The molecule has 1 heterocycles. The molecular formula is C16H22N2O3. The van der Waals surface area contributed by atoms with Gasteiger partial charge in [0.2, 0.25) is 0 Å². The van der Waals surface area contributed by atoms with Crippen molar-refractivity contribution in [2.24, 2.45) is 0 Å². The van der Waals surface area contributed by atoms with E-state index in [1.165, 1.54) is 0 Å². The Labute approximate surface area is 125 Å². The van der Waals surface area contributed by atoms with E-state index in [-0.39, 0.29) is 18.6 Å². The van der Waals surface area contributed by atoms with Gasteiger partial charge in [-0.3, -0.25) is 4.79 Å². The predicted molar refractivity (Wildman–Crippen MR) is 80.9 cm³/mol. The van der Waals surface area contributed by atoms with Crippen LogP contribution in [-0.4, -0.2) is 36.0 Å². The van der Waals surface area contributed by atoms with Gasteiger partial charge in [-0.2, -0.15) is 0 Å². The van der Waals surface area contributed by atoms with E-state index >= 15 is 0 Å². The number of carbonyl (C=O) groups is 2. The van der Waals surface area contributed by atoms with Crippen LogP contribution in [0.1, 0.15) is 42.1 Å². The van der Waals surface area contributed by atoms with E-state index < -0.39 is 5.97 Å². The first-order valence-corrected chi connectivity index (χ1v) is 7.32. The Kier molecular flexibility index (Phi) is 4.83. The van der Waals surface area contributed by atoms with E-state index in [9.17, 15) is 9.59 Å². The van der Waals surface area contributed by atoms with Gasteiger partial charge in [-0.15, -0.1) is 0 Å². The molecule has 1 fully saturated rings. The van der Waals surface area contributed by atoms with Crippen molar-refractivity contribution < 1.29 is 14.3 Å². The van der Waals surface area contributed by atoms with Crippen molar-refractivity contribution >= 4 is 17.6 Å². The number of rotatable bonds is 3. The molecular weight excluding hydrogens is 268 g/mol. The van der Waals surface area contributed by atoms with E-state index in [0.717, 1.165) is 31.4 Å². The quantitative estimate of drug-likeness (QED) is 0.683. The number of hydrogen-bond donors (Lipinski definition) is 1. The minimum atomic E-state index is -0.547. The smallest absolute Gasteiger partial charge is 0.340 e. The van der Waals surface area contributed by atoms with Gasteiger partial charge >= 0.3 is 5.97 Å². The van der Waals surface area contributed by atoms with Gasteiger partial charge in [-0.05, 0) is 44.7 Å². The van der Waals surface area contributed by atoms with Crippen molar-refractivity contribution in [2.75, 3.05) is 18.9 Å². The highest BCUT2D eigenvalue weighted by Gasteiger charge is 2.24. The zero-order valence-corrected chi connectivity index (χ0v) is 12.6. The van der Waals surface area contributed by atoms with Crippen LogP contribution in [0.3, 0.4) is 0 Å². The first kappa shape index (κ1) is 15.4. The lowest BCUT2D eigenvalue weighted by atomic mass is 10.0. The summed E-state index contributed by atoms with van der Waals surface area (Å²) in [6, 6.07) is 5.40. The molecule has 114 valence electrons. The maximum absolute atomic E-state index is 12.1. The first-order chi connectivity index (χ1) is 10.0. The molecule has 1 amide bonds. The third-order valence-electron chi connectivity index (χ3n) is 3.99. The van der Waals surface area contributed by atoms with Gasteiger partial charge in [0.15, 0.2) is 6.61 Å². The Bertz CT molecular complexity index is 542. The number of esters is 1. The predicted octanol–water partition coefficient (Wildman–Crippen LogP) is 2.14. The first-order valence-electron chi connectivity index (χ1n) is 7.32. The highest BCUT2D eigenvalue weighted by atomic mass is 16.5. The summed E-state index contributed by atoms with van der Waals surface area (Å²) in [4.78, 5) is 25.9. The number of nitrogen functional groups attached to an aromatic ring is 1. The number of piperidine rings is 1.